The number of anilines is 4. The number of alkyl halides is 6. The summed E-state index contributed by atoms with van der Waals surface area (Å²) in [6.07, 6.45) is -5.04. The third kappa shape index (κ3) is 13.5. The molecule has 0 fully saturated rings. The van der Waals surface area contributed by atoms with Crippen molar-refractivity contribution in [3.05, 3.63) is 165 Å². The lowest BCUT2D eigenvalue weighted by Gasteiger charge is -2.24. The second-order valence-electron chi connectivity index (χ2n) is 17.5. The summed E-state index contributed by atoms with van der Waals surface area (Å²) in [6.45, 7) is 9.63. The molecule has 1 aliphatic carbocycles. The van der Waals surface area contributed by atoms with Gasteiger partial charge in [-0.1, -0.05) is 64.1 Å². The molecule has 72 heavy (non-hydrogen) atoms. The van der Waals surface area contributed by atoms with E-state index in [1.807, 2.05) is 88.4 Å². The summed E-state index contributed by atoms with van der Waals surface area (Å²) in [5.41, 5.74) is 5.75. The first-order valence-electron chi connectivity index (χ1n) is 24.1. The number of nitrogens with one attached hydrogen (secondary N) is 4. The molecule has 0 heterocycles. The Labute approximate surface area is 415 Å². The van der Waals surface area contributed by atoms with Crippen LogP contribution in [-0.2, 0) is 38.0 Å². The molecule has 4 amide bonds. The predicted octanol–water partition coefficient (Wildman–Crippen LogP) is 14.8. The number of fused-ring (bicyclic) bond motifs is 8. The summed E-state index contributed by atoms with van der Waals surface area (Å²) in [5, 5.41) is 11.2. The smallest absolute Gasteiger partial charge is 0.416 e. The second kappa shape index (κ2) is 23.7. The highest BCUT2D eigenvalue weighted by Crippen LogP contribution is 2.42. The van der Waals surface area contributed by atoms with Gasteiger partial charge in [0.15, 0.2) is 0 Å². The van der Waals surface area contributed by atoms with Gasteiger partial charge in [0, 0.05) is 70.7 Å². The van der Waals surface area contributed by atoms with E-state index in [1.165, 1.54) is 24.3 Å². The van der Waals surface area contributed by atoms with Gasteiger partial charge in [0.05, 0.1) is 37.6 Å². The molecule has 0 spiro atoms. The third-order valence-corrected chi connectivity index (χ3v) is 11.6. The van der Waals surface area contributed by atoms with Gasteiger partial charge in [0.25, 0.3) is 0 Å². The minimum absolute atomic E-state index is 0.173. The first-order valence-corrected chi connectivity index (χ1v) is 24.1. The van der Waals surface area contributed by atoms with Crippen LogP contribution in [0.4, 0.5) is 58.7 Å². The van der Waals surface area contributed by atoms with Crippen molar-refractivity contribution in [2.75, 3.05) is 47.7 Å². The molecule has 8 bridgehead atoms. The zero-order valence-electron chi connectivity index (χ0n) is 40.6. The topological polar surface area (TPSA) is 119 Å². The summed E-state index contributed by atoms with van der Waals surface area (Å²) in [4.78, 5) is 27.2. The molecule has 0 radical (unpaired) electrons. The van der Waals surface area contributed by atoms with Crippen LogP contribution in [-0.4, -0.2) is 38.5 Å². The van der Waals surface area contributed by atoms with E-state index in [0.29, 0.717) is 112 Å². The lowest BCUT2D eigenvalue weighted by Crippen LogP contribution is -2.20. The summed E-state index contributed by atoms with van der Waals surface area (Å²) in [6, 6.07) is 26.2. The highest BCUT2D eigenvalue weighted by atomic mass is 19.4. The average molecular weight is 997 g/mol. The molecule has 0 aliphatic heterocycles. The van der Waals surface area contributed by atoms with Crippen molar-refractivity contribution in [2.45, 2.75) is 91.4 Å². The first kappa shape index (κ1) is 52.5. The van der Waals surface area contributed by atoms with Gasteiger partial charge in [-0.05, 0) is 121 Å². The molecule has 6 aromatic rings. The number of ether oxygens (including phenoxy) is 4. The van der Waals surface area contributed by atoms with Crippen LogP contribution in [0.3, 0.4) is 0 Å². The number of amides is 4. The summed E-state index contributed by atoms with van der Waals surface area (Å²) < 4.78 is 106. The van der Waals surface area contributed by atoms with Gasteiger partial charge in [-0.2, -0.15) is 26.3 Å². The zero-order valence-corrected chi connectivity index (χ0v) is 40.6. The Morgan fingerprint density at radius 2 is 0.639 bits per heavy atom. The Kier molecular flexibility index (Phi) is 17.3. The maximum absolute atomic E-state index is 13.6. The summed E-state index contributed by atoms with van der Waals surface area (Å²) in [7, 11) is 0. The zero-order chi connectivity index (χ0) is 51.4. The third-order valence-electron chi connectivity index (χ3n) is 11.6. The van der Waals surface area contributed by atoms with Gasteiger partial charge < -0.3 is 40.2 Å². The van der Waals surface area contributed by atoms with E-state index in [9.17, 15) is 35.9 Å². The van der Waals surface area contributed by atoms with Crippen molar-refractivity contribution in [3.63, 3.8) is 0 Å². The molecule has 0 saturated carbocycles. The molecule has 1 aliphatic rings. The number of rotatable bonds is 16. The van der Waals surface area contributed by atoms with E-state index < -0.39 is 35.5 Å². The van der Waals surface area contributed by atoms with Gasteiger partial charge in [-0.15, -0.1) is 0 Å². The monoisotopic (exact) mass is 996 g/mol. The number of urea groups is 2. The van der Waals surface area contributed by atoms with Gasteiger partial charge in [-0.3, -0.25) is 0 Å². The Morgan fingerprint density at radius 3 is 0.889 bits per heavy atom. The van der Waals surface area contributed by atoms with Gasteiger partial charge >= 0.3 is 24.4 Å². The van der Waals surface area contributed by atoms with Crippen LogP contribution in [0.15, 0.2) is 109 Å². The van der Waals surface area contributed by atoms with Crippen LogP contribution in [0.2, 0.25) is 0 Å². The molecule has 380 valence electrons. The molecule has 10 nitrogen and oxygen atoms in total. The van der Waals surface area contributed by atoms with E-state index >= 15 is 0 Å². The number of hydrogen-bond acceptors (Lipinski definition) is 6. The molecule has 4 N–H and O–H groups in total. The van der Waals surface area contributed by atoms with Crippen LogP contribution in [0.25, 0.3) is 0 Å². The van der Waals surface area contributed by atoms with Crippen molar-refractivity contribution in [2.24, 2.45) is 0 Å². The van der Waals surface area contributed by atoms with Crippen molar-refractivity contribution in [1.29, 1.82) is 0 Å². The van der Waals surface area contributed by atoms with Crippen LogP contribution < -0.4 is 40.2 Å². The van der Waals surface area contributed by atoms with Gasteiger partial charge in [0.1, 0.15) is 23.0 Å². The minimum Gasteiger partial charge on any atom is -0.493 e. The molecule has 0 atom stereocenters. The summed E-state index contributed by atoms with van der Waals surface area (Å²) >= 11 is 0. The van der Waals surface area contributed by atoms with Crippen LogP contribution in [0.1, 0.15) is 109 Å². The molecular formula is C56H58F6N4O6. The lowest BCUT2D eigenvalue weighted by atomic mass is 9.90. The Bertz CT molecular complexity index is 2550. The highest BCUT2D eigenvalue weighted by molar-refractivity contribution is 6.00. The fraction of sp³-hybridized carbons (Fsp3) is 0.321. The fourth-order valence-corrected chi connectivity index (χ4v) is 8.46. The predicted molar refractivity (Wildman–Crippen MR) is 268 cm³/mol. The number of carbonyl (C=O) groups is 2. The van der Waals surface area contributed by atoms with E-state index in [0.717, 1.165) is 68.8 Å². The maximum atomic E-state index is 13.6. The minimum atomic E-state index is -4.53. The Hall–Kier alpha value is -7.36. The summed E-state index contributed by atoms with van der Waals surface area (Å²) in [5.74, 6) is 2.52. The second-order valence-corrected chi connectivity index (χ2v) is 17.5. The Morgan fingerprint density at radius 1 is 0.389 bits per heavy atom. The van der Waals surface area contributed by atoms with E-state index in [4.69, 9.17) is 18.9 Å². The normalized spacial score (nSPS) is 12.4. The van der Waals surface area contributed by atoms with Crippen molar-refractivity contribution < 1.29 is 54.9 Å². The maximum Gasteiger partial charge on any atom is 0.416 e. The van der Waals surface area contributed by atoms with Crippen molar-refractivity contribution in [1.82, 2.24) is 0 Å². The quantitative estimate of drug-likeness (QED) is 0.0716. The number of hydrogen-bond donors (Lipinski definition) is 4. The van der Waals surface area contributed by atoms with Crippen molar-refractivity contribution >= 4 is 34.8 Å². The largest absolute Gasteiger partial charge is 0.493 e. The van der Waals surface area contributed by atoms with Crippen LogP contribution >= 0.6 is 0 Å². The molecule has 0 unspecified atom stereocenters. The van der Waals surface area contributed by atoms with E-state index in [2.05, 4.69) is 21.3 Å². The van der Waals surface area contributed by atoms with Gasteiger partial charge in [-0.25, -0.2) is 9.59 Å². The van der Waals surface area contributed by atoms with Gasteiger partial charge in [0.2, 0.25) is 0 Å². The number of para-hydroxylation sites is 2. The number of benzene rings is 6. The number of carbonyl (C=O) groups excluding carboxylic acids is 2. The molecule has 0 aromatic heterocycles. The highest BCUT2D eigenvalue weighted by Gasteiger charge is 2.31. The SMILES string of the molecule is CCCOc1c2cccc1Cc1cc(NC(=O)Nc3ccc(C(F)(F)F)cc3)cc(c1OCCC)Cc1cccc(c1OCCC)Cc1cc(NC(=O)Nc3ccc(C(F)(F)F)cc3)cc(c1OCCC)C2. The molecule has 0 saturated heterocycles. The number of halogens is 6. The molecule has 7 rings (SSSR count). The van der Waals surface area contributed by atoms with Crippen LogP contribution in [0.5, 0.6) is 23.0 Å². The lowest BCUT2D eigenvalue weighted by molar-refractivity contribution is -0.138. The van der Waals surface area contributed by atoms with E-state index in [1.54, 1.807) is 0 Å². The Balaban J connectivity index is 1.37. The molecule has 16 heteroatoms. The molecular weight excluding hydrogens is 939 g/mol. The van der Waals surface area contributed by atoms with Crippen LogP contribution in [0, 0.1) is 0 Å². The average Bonchev–Trinajstić information content (AvgIpc) is 3.32. The van der Waals surface area contributed by atoms with Crippen molar-refractivity contribution in [3.8, 4) is 23.0 Å². The fourth-order valence-electron chi connectivity index (χ4n) is 8.46. The first-order chi connectivity index (χ1) is 34.6. The molecule has 6 aromatic carbocycles. The van der Waals surface area contributed by atoms with E-state index in [-0.39, 0.29) is 11.4 Å². The standard InChI is InChI=1S/C56H58F6N4O6/c1-5-23-69-49-35-11-9-12-36(49)28-40-32-48(66-54(68)64-46-21-17-44(18-22-46)56(60,61)62)34-42(52(40)72-26-8-4)30-38-14-10-13-37(50(38)70-24-6-2)29-41-33-47(31-39(27-35)51(41)71-25-7-3)65-53(67)63-45-19-15-43(16-20-45)55(57,58)59/h9-22,31-34H,5-8,23-30H2,1-4H3,(H2,63,65,67)(H2,64,66,68).